The van der Waals surface area contributed by atoms with Gasteiger partial charge in [-0.25, -0.2) is 0 Å². The van der Waals surface area contributed by atoms with Crippen molar-refractivity contribution in [2.45, 2.75) is 12.8 Å². The Balaban J connectivity index is 0. The first-order chi connectivity index (χ1) is 3.91. The summed E-state index contributed by atoms with van der Waals surface area (Å²) in [4.78, 5) is 0. The molecule has 0 saturated heterocycles. The molecule has 0 bridgehead atoms. The van der Waals surface area contributed by atoms with Crippen LogP contribution in [-0.4, -0.2) is 0 Å². The van der Waals surface area contributed by atoms with Crippen molar-refractivity contribution in [3.8, 4) is 0 Å². The number of hydrogen-bond acceptors (Lipinski definition) is 0. The van der Waals surface area contributed by atoms with Crippen LogP contribution in [0.15, 0.2) is 18.7 Å². The predicted molar refractivity (Wildman–Crippen MR) is 34.2 cm³/mol. The maximum absolute atomic E-state index is 5.04. The third-order valence-corrected chi connectivity index (χ3v) is 0.537. The molecule has 0 aliphatic carbocycles. The Kier molecular flexibility index (Phi) is 22.1. The molecule has 0 heterocycles. The van der Waals surface area contributed by atoms with Crippen molar-refractivity contribution in [2.75, 3.05) is 0 Å². The van der Waals surface area contributed by atoms with Crippen molar-refractivity contribution >= 4 is 9.42 Å². The van der Waals surface area contributed by atoms with Crippen LogP contribution in [0.3, 0.4) is 0 Å². The molecule has 0 rings (SSSR count). The Morgan fingerprint density at radius 2 is 2.00 bits per heavy atom. The van der Waals surface area contributed by atoms with E-state index in [-0.39, 0.29) is 0 Å². The fourth-order valence-electron chi connectivity index (χ4n) is 0.214. The third-order valence-electron chi connectivity index (χ3n) is 0.537. The van der Waals surface area contributed by atoms with Gasteiger partial charge < -0.3 is 6.58 Å². The Hall–Kier alpha value is 0.458. The van der Waals surface area contributed by atoms with E-state index in [1.165, 1.54) is 0 Å². The van der Waals surface area contributed by atoms with Crippen molar-refractivity contribution in [1.82, 2.24) is 0 Å². The van der Waals surface area contributed by atoms with Gasteiger partial charge in [-0.1, -0.05) is 12.5 Å². The van der Waals surface area contributed by atoms with Crippen molar-refractivity contribution < 1.29 is 18.8 Å². The van der Waals surface area contributed by atoms with Gasteiger partial charge in [0, 0.05) is 0 Å². The fraction of sp³-hybridized carbons (Fsp3) is 0.333. The van der Waals surface area contributed by atoms with Crippen molar-refractivity contribution in [1.29, 1.82) is 0 Å². The van der Waals surface area contributed by atoms with E-state index in [2.05, 4.69) is 16.0 Å². The average Bonchev–Trinajstić information content (AvgIpc) is 1.88. The molecule has 0 aromatic carbocycles. The molecule has 2 heteroatoms. The summed E-state index contributed by atoms with van der Waals surface area (Å²) in [5.74, 6) is 0. The van der Waals surface area contributed by atoms with Crippen LogP contribution in [0.1, 0.15) is 12.8 Å². The molecule has 0 saturated carbocycles. The number of halogens is 1. The summed E-state index contributed by atoms with van der Waals surface area (Å²) in [5.41, 5.74) is 0. The Morgan fingerprint density at radius 1 is 1.50 bits per heavy atom. The molecule has 0 unspecified atom stereocenters. The Morgan fingerprint density at radius 3 is 2.12 bits per heavy atom. The molecule has 0 N–H and O–H groups in total. The van der Waals surface area contributed by atoms with Crippen LogP contribution in [0.4, 0.5) is 0 Å². The summed E-state index contributed by atoms with van der Waals surface area (Å²) in [6, 6.07) is 0. The zero-order valence-corrected chi connectivity index (χ0v) is 7.58. The predicted octanol–water partition coefficient (Wildman–Crippen LogP) is 2.63. The van der Waals surface area contributed by atoms with Crippen LogP contribution in [0, 0.1) is 6.58 Å². The van der Waals surface area contributed by atoms with Gasteiger partial charge in [0.1, 0.15) is 0 Å². The molecule has 0 nitrogen and oxygen atoms in total. The van der Waals surface area contributed by atoms with Crippen molar-refractivity contribution in [3.63, 3.8) is 0 Å². The summed E-state index contributed by atoms with van der Waals surface area (Å²) in [7, 11) is 4.61. The van der Waals surface area contributed by atoms with Gasteiger partial charge in [0.05, 0.1) is 0 Å². The van der Waals surface area contributed by atoms with E-state index in [0.717, 1.165) is 12.8 Å². The van der Waals surface area contributed by atoms with Crippen LogP contribution < -0.4 is 0 Å². The number of allylic oxidation sites excluding steroid dienone is 2. The van der Waals surface area contributed by atoms with Crippen molar-refractivity contribution in [2.24, 2.45) is 0 Å². The normalized spacial score (nSPS) is 6.38. The van der Waals surface area contributed by atoms with Crippen LogP contribution in [0.2, 0.25) is 0 Å². The van der Waals surface area contributed by atoms with Gasteiger partial charge in [-0.05, 0) is 6.42 Å². The number of hydrogen-bond donors (Lipinski definition) is 0. The Bertz CT molecular complexity index is 44.5. The van der Waals surface area contributed by atoms with Gasteiger partial charge in [0.25, 0.3) is 0 Å². The summed E-state index contributed by atoms with van der Waals surface area (Å²) >= 11 is 1.61. The zero-order valence-electron chi connectivity index (χ0n) is 4.55. The first-order valence-electron chi connectivity index (χ1n) is 2.18. The second-order valence-corrected chi connectivity index (χ2v) is 1.10. The minimum atomic E-state index is 0.948. The summed E-state index contributed by atoms with van der Waals surface area (Å²) in [6.07, 6.45) is 5.44. The van der Waals surface area contributed by atoms with E-state index >= 15 is 0 Å². The van der Waals surface area contributed by atoms with Crippen LogP contribution in [0.5, 0.6) is 0 Å². The summed E-state index contributed by atoms with van der Waals surface area (Å²) < 4.78 is 0. The molecule has 0 aromatic rings. The van der Waals surface area contributed by atoms with Crippen LogP contribution in [0.25, 0.3) is 0 Å². The van der Waals surface area contributed by atoms with Crippen LogP contribution >= 0.6 is 9.42 Å². The Labute approximate surface area is 66.4 Å². The summed E-state index contributed by atoms with van der Waals surface area (Å²) in [6.45, 7) is 8.56. The second kappa shape index (κ2) is 15.7. The first kappa shape index (κ1) is 11.3. The molecule has 0 aromatic heterocycles. The third kappa shape index (κ3) is 16.1. The van der Waals surface area contributed by atoms with E-state index in [1.807, 2.05) is 6.08 Å². The molecule has 0 fully saturated rings. The molecule has 0 aliphatic heterocycles. The van der Waals surface area contributed by atoms with E-state index < -0.39 is 0 Å². The van der Waals surface area contributed by atoms with Crippen molar-refractivity contribution in [3.05, 3.63) is 25.3 Å². The molecule has 0 spiro atoms. The van der Waals surface area contributed by atoms with Gasteiger partial charge >= 0.3 is 28.2 Å². The number of rotatable bonds is 3. The zero-order chi connectivity index (χ0) is 6.83. The van der Waals surface area contributed by atoms with E-state index in [1.54, 1.807) is 24.8 Å². The average molecular weight is 312 g/mol. The standard InChI is InChI=1S/C6H9.ClH.Pt/c1-3-5-6-4-2;;/h1,3-4H,2,5-6H2;1H;/q-1;;+2/p-1. The van der Waals surface area contributed by atoms with Crippen LogP contribution in [-0.2, 0) is 18.8 Å². The minimum absolute atomic E-state index is 0.948. The van der Waals surface area contributed by atoms with Gasteiger partial charge in [-0.15, -0.1) is 6.58 Å². The molecule has 0 aliphatic rings. The molecule has 50 valence electrons. The van der Waals surface area contributed by atoms with Gasteiger partial charge in [0.15, 0.2) is 0 Å². The fourth-order valence-corrected chi connectivity index (χ4v) is 0.214. The van der Waals surface area contributed by atoms with Gasteiger partial charge in [0.2, 0.25) is 0 Å². The number of unbranched alkanes of at least 4 members (excludes halogenated alkanes) is 1. The topological polar surface area (TPSA) is 0 Å². The molecule has 0 radical (unpaired) electrons. The van der Waals surface area contributed by atoms with E-state index in [4.69, 9.17) is 6.58 Å². The monoisotopic (exact) mass is 311 g/mol. The molecule has 0 atom stereocenters. The molecule has 8 heavy (non-hydrogen) atoms. The summed E-state index contributed by atoms with van der Waals surface area (Å²) in [5, 5.41) is 0. The van der Waals surface area contributed by atoms with Gasteiger partial charge in [-0.2, -0.15) is 0 Å². The quantitative estimate of drug-likeness (QED) is 0.427. The first-order valence-corrected chi connectivity index (χ1v) is 4.99. The molecular formula is C6H9ClPt. The molecule has 0 amide bonds. The molecular weight excluding hydrogens is 303 g/mol. The van der Waals surface area contributed by atoms with E-state index in [9.17, 15) is 0 Å². The maximum atomic E-state index is 5.04. The van der Waals surface area contributed by atoms with E-state index in [0.29, 0.717) is 0 Å². The SMILES string of the molecule is [CH-]=CCCC=C.[Cl][Pt+]. The van der Waals surface area contributed by atoms with Gasteiger partial charge in [-0.3, -0.25) is 6.08 Å². The second-order valence-electron chi connectivity index (χ2n) is 1.10.